The molecule has 2 aliphatic heterocycles. The van der Waals surface area contributed by atoms with Crippen molar-refractivity contribution < 1.29 is 4.79 Å². The summed E-state index contributed by atoms with van der Waals surface area (Å²) < 4.78 is 0. The first-order valence-electron chi connectivity index (χ1n) is 9.30. The number of hydrogen-bond acceptors (Lipinski definition) is 5. The molecule has 2 aromatic rings. The molecule has 27 heavy (non-hydrogen) atoms. The third kappa shape index (κ3) is 3.23. The molecule has 0 aliphatic carbocycles. The smallest absolute Gasteiger partial charge is 0.228 e. The number of aromatic nitrogens is 2. The van der Waals surface area contributed by atoms with Gasteiger partial charge >= 0.3 is 0 Å². The molecule has 0 radical (unpaired) electrons. The van der Waals surface area contributed by atoms with Crippen molar-refractivity contribution in [3.63, 3.8) is 0 Å². The summed E-state index contributed by atoms with van der Waals surface area (Å²) in [6, 6.07) is 4.01. The monoisotopic (exact) mass is 385 g/mol. The maximum atomic E-state index is 13.1. The van der Waals surface area contributed by atoms with Crippen LogP contribution in [0.3, 0.4) is 0 Å². The molecule has 0 bridgehead atoms. The van der Waals surface area contributed by atoms with Crippen molar-refractivity contribution in [1.29, 1.82) is 0 Å². The lowest BCUT2D eigenvalue weighted by Crippen LogP contribution is -2.34. The average Bonchev–Trinajstić information content (AvgIpc) is 3.33. The van der Waals surface area contributed by atoms with Crippen LogP contribution in [-0.2, 0) is 17.9 Å². The number of anilines is 2. The minimum atomic E-state index is 0.0140. The number of nitrogens with one attached hydrogen (secondary N) is 1. The second-order valence-electron chi connectivity index (χ2n) is 7.34. The third-order valence-electron chi connectivity index (χ3n) is 5.66. The van der Waals surface area contributed by atoms with Crippen molar-refractivity contribution in [1.82, 2.24) is 14.9 Å². The van der Waals surface area contributed by atoms with Crippen molar-refractivity contribution in [3.8, 4) is 0 Å². The molecule has 142 valence electrons. The molecule has 0 saturated carbocycles. The molecule has 2 aromatic heterocycles. The Labute approximate surface area is 164 Å². The van der Waals surface area contributed by atoms with E-state index in [0.717, 1.165) is 53.5 Å². The summed E-state index contributed by atoms with van der Waals surface area (Å²) in [6.45, 7) is 6.74. The number of carbonyl (C=O) groups is 1. The van der Waals surface area contributed by atoms with Gasteiger partial charge in [0, 0.05) is 26.7 Å². The molecule has 1 unspecified atom stereocenters. The van der Waals surface area contributed by atoms with Crippen LogP contribution in [0.15, 0.2) is 18.3 Å². The normalized spacial score (nSPS) is 18.7. The number of fused-ring (bicyclic) bond motifs is 1. The number of amides is 1. The van der Waals surface area contributed by atoms with E-state index in [9.17, 15) is 4.79 Å². The van der Waals surface area contributed by atoms with Crippen molar-refractivity contribution >= 4 is 29.0 Å². The topological polar surface area (TPSA) is 61.4 Å². The van der Waals surface area contributed by atoms with E-state index >= 15 is 0 Å². The fraction of sp³-hybridized carbons (Fsp3) is 0.450. The maximum Gasteiger partial charge on any atom is 0.228 e. The molecule has 1 amide bonds. The van der Waals surface area contributed by atoms with Gasteiger partial charge in [0.15, 0.2) is 0 Å². The predicted molar refractivity (Wildman–Crippen MR) is 107 cm³/mol. The fourth-order valence-corrected chi connectivity index (χ4v) is 4.20. The van der Waals surface area contributed by atoms with Gasteiger partial charge < -0.3 is 15.1 Å². The van der Waals surface area contributed by atoms with Gasteiger partial charge in [-0.05, 0) is 43.5 Å². The van der Waals surface area contributed by atoms with E-state index in [4.69, 9.17) is 11.6 Å². The Morgan fingerprint density at radius 3 is 2.81 bits per heavy atom. The molecule has 1 fully saturated rings. The van der Waals surface area contributed by atoms with Crippen molar-refractivity contribution in [2.24, 2.45) is 5.92 Å². The molecule has 6 nitrogen and oxygen atoms in total. The zero-order chi connectivity index (χ0) is 19.1. The van der Waals surface area contributed by atoms with Gasteiger partial charge in [0.1, 0.15) is 5.82 Å². The van der Waals surface area contributed by atoms with Gasteiger partial charge in [-0.25, -0.2) is 4.98 Å². The number of rotatable bonds is 3. The van der Waals surface area contributed by atoms with Gasteiger partial charge in [-0.3, -0.25) is 9.78 Å². The van der Waals surface area contributed by atoms with Gasteiger partial charge in [0.25, 0.3) is 0 Å². The van der Waals surface area contributed by atoms with E-state index in [1.165, 1.54) is 0 Å². The molecule has 4 rings (SSSR count). The van der Waals surface area contributed by atoms with E-state index in [2.05, 4.69) is 26.3 Å². The predicted octanol–water partition coefficient (Wildman–Crippen LogP) is 3.16. The van der Waals surface area contributed by atoms with Gasteiger partial charge in [0.05, 0.1) is 40.8 Å². The Kier molecular flexibility index (Phi) is 4.68. The Hall–Kier alpha value is -2.34. The lowest BCUT2D eigenvalue weighted by atomic mass is 10.1. The average molecular weight is 386 g/mol. The molecular formula is C20H24ClN5O. The highest BCUT2D eigenvalue weighted by Gasteiger charge is 2.35. The SMILES string of the molecule is CNc1ccc(N2CCC(C(=O)N3Cc4nc(C)c(Cl)c(C)c4C3)C2)cn1. The molecule has 0 aromatic carbocycles. The number of carbonyl (C=O) groups excluding carboxylic acids is 1. The number of halogens is 1. The lowest BCUT2D eigenvalue weighted by molar-refractivity contribution is -0.135. The summed E-state index contributed by atoms with van der Waals surface area (Å²) in [5.41, 5.74) is 5.06. The van der Waals surface area contributed by atoms with E-state index in [-0.39, 0.29) is 11.8 Å². The number of pyridine rings is 2. The Morgan fingerprint density at radius 1 is 1.30 bits per heavy atom. The van der Waals surface area contributed by atoms with E-state index in [1.807, 2.05) is 38.1 Å². The van der Waals surface area contributed by atoms with Crippen LogP contribution in [0.5, 0.6) is 0 Å². The molecule has 1 N–H and O–H groups in total. The molecule has 4 heterocycles. The first-order chi connectivity index (χ1) is 13.0. The van der Waals surface area contributed by atoms with Gasteiger partial charge in [-0.2, -0.15) is 0 Å². The maximum absolute atomic E-state index is 13.1. The van der Waals surface area contributed by atoms with Gasteiger partial charge in [-0.1, -0.05) is 11.6 Å². The van der Waals surface area contributed by atoms with Crippen LogP contribution in [0, 0.1) is 19.8 Å². The van der Waals surface area contributed by atoms with Crippen LogP contribution in [-0.4, -0.2) is 40.9 Å². The summed E-state index contributed by atoms with van der Waals surface area (Å²) in [7, 11) is 1.85. The van der Waals surface area contributed by atoms with Crippen LogP contribution >= 0.6 is 11.6 Å². The van der Waals surface area contributed by atoms with Crippen LogP contribution in [0.2, 0.25) is 5.02 Å². The van der Waals surface area contributed by atoms with Crippen LogP contribution in [0.4, 0.5) is 11.5 Å². The third-order valence-corrected chi connectivity index (χ3v) is 6.22. The zero-order valence-electron chi connectivity index (χ0n) is 15.9. The highest BCUT2D eigenvalue weighted by Crippen LogP contribution is 2.33. The summed E-state index contributed by atoms with van der Waals surface area (Å²) in [6.07, 6.45) is 2.73. The first-order valence-corrected chi connectivity index (χ1v) is 9.67. The van der Waals surface area contributed by atoms with Crippen LogP contribution in [0.25, 0.3) is 0 Å². The van der Waals surface area contributed by atoms with E-state index < -0.39 is 0 Å². The highest BCUT2D eigenvalue weighted by molar-refractivity contribution is 6.32. The molecule has 7 heteroatoms. The number of nitrogens with zero attached hydrogens (tertiary/aromatic N) is 4. The highest BCUT2D eigenvalue weighted by atomic mass is 35.5. The van der Waals surface area contributed by atoms with E-state index in [1.54, 1.807) is 0 Å². The fourth-order valence-electron chi connectivity index (χ4n) is 4.04. The number of hydrogen-bond donors (Lipinski definition) is 1. The first kappa shape index (κ1) is 18.0. The Bertz CT molecular complexity index is 883. The lowest BCUT2D eigenvalue weighted by Gasteiger charge is -2.21. The van der Waals surface area contributed by atoms with Crippen LogP contribution in [0.1, 0.15) is 28.9 Å². The summed E-state index contributed by atoms with van der Waals surface area (Å²) in [4.78, 5) is 26.2. The molecule has 1 saturated heterocycles. The Morgan fingerprint density at radius 2 is 2.11 bits per heavy atom. The molecular weight excluding hydrogens is 362 g/mol. The summed E-state index contributed by atoms with van der Waals surface area (Å²) in [5.74, 6) is 1.07. The zero-order valence-corrected chi connectivity index (χ0v) is 16.7. The van der Waals surface area contributed by atoms with Crippen LogP contribution < -0.4 is 10.2 Å². The van der Waals surface area contributed by atoms with Gasteiger partial charge in [0.2, 0.25) is 5.91 Å². The molecule has 2 aliphatic rings. The molecule has 1 atom stereocenters. The number of aryl methyl sites for hydroxylation is 1. The van der Waals surface area contributed by atoms with Gasteiger partial charge in [-0.15, -0.1) is 0 Å². The van der Waals surface area contributed by atoms with Crippen molar-refractivity contribution in [3.05, 3.63) is 45.9 Å². The largest absolute Gasteiger partial charge is 0.373 e. The second kappa shape index (κ2) is 7.00. The molecule has 0 spiro atoms. The summed E-state index contributed by atoms with van der Waals surface area (Å²) in [5, 5.41) is 3.74. The minimum absolute atomic E-state index is 0.0140. The van der Waals surface area contributed by atoms with Crippen molar-refractivity contribution in [2.75, 3.05) is 30.4 Å². The second-order valence-corrected chi connectivity index (χ2v) is 7.72. The Balaban J connectivity index is 1.44. The summed E-state index contributed by atoms with van der Waals surface area (Å²) >= 11 is 6.34. The van der Waals surface area contributed by atoms with Crippen molar-refractivity contribution in [2.45, 2.75) is 33.4 Å². The standard InChI is InChI=1S/C20H24ClN5O/c1-12-16-10-26(11-17(16)24-13(2)19(12)21)20(27)14-6-7-25(9-14)15-4-5-18(22-3)23-8-15/h4-5,8,14H,6-7,9-11H2,1-3H3,(H,22,23). The van der Waals surface area contributed by atoms with E-state index in [0.29, 0.717) is 18.1 Å². The quantitative estimate of drug-likeness (QED) is 0.879. The minimum Gasteiger partial charge on any atom is -0.373 e.